The number of hydrogen-bond acceptors (Lipinski definition) is 2. The van der Waals surface area contributed by atoms with Crippen LogP contribution in [0.25, 0.3) is 0 Å². The van der Waals surface area contributed by atoms with Gasteiger partial charge in [-0.3, -0.25) is 0 Å². The zero-order valence-corrected chi connectivity index (χ0v) is 13.7. The predicted octanol–water partition coefficient (Wildman–Crippen LogP) is 4.36. The summed E-state index contributed by atoms with van der Waals surface area (Å²) in [6.45, 7) is 8.75. The zero-order valence-electron chi connectivity index (χ0n) is 13.7. The fourth-order valence-electron chi connectivity index (χ4n) is 4.50. The summed E-state index contributed by atoms with van der Waals surface area (Å²) in [7, 11) is 0. The number of benzene rings is 1. The number of nitrogens with one attached hydrogen (secondary N) is 1. The Morgan fingerprint density at radius 1 is 1.33 bits per heavy atom. The molecule has 21 heavy (non-hydrogen) atoms. The van der Waals surface area contributed by atoms with Crippen LogP contribution in [0.3, 0.4) is 0 Å². The quantitative estimate of drug-likeness (QED) is 0.888. The maximum atomic E-state index is 5.69. The highest BCUT2D eigenvalue weighted by atomic mass is 16.5. The molecular weight excluding hydrogens is 258 g/mol. The molecule has 2 bridgehead atoms. The summed E-state index contributed by atoms with van der Waals surface area (Å²) in [6.07, 6.45) is 5.28. The van der Waals surface area contributed by atoms with Gasteiger partial charge >= 0.3 is 0 Å². The summed E-state index contributed by atoms with van der Waals surface area (Å²) in [4.78, 5) is 0. The fourth-order valence-corrected chi connectivity index (χ4v) is 4.50. The van der Waals surface area contributed by atoms with Crippen molar-refractivity contribution in [1.29, 1.82) is 0 Å². The molecule has 2 heteroatoms. The molecule has 1 saturated heterocycles. The second kappa shape index (κ2) is 6.00. The van der Waals surface area contributed by atoms with E-state index in [1.165, 1.54) is 37.8 Å². The summed E-state index contributed by atoms with van der Waals surface area (Å²) >= 11 is 0. The smallest absolute Gasteiger partial charge is 0.119 e. The van der Waals surface area contributed by atoms with E-state index in [0.717, 1.165) is 30.1 Å². The minimum Gasteiger partial charge on any atom is -0.494 e. The van der Waals surface area contributed by atoms with Crippen LogP contribution in [0.4, 0.5) is 0 Å². The average molecular weight is 287 g/mol. The predicted molar refractivity (Wildman–Crippen MR) is 87.9 cm³/mol. The molecular formula is C19H29NO. The van der Waals surface area contributed by atoms with Gasteiger partial charge in [0.1, 0.15) is 5.75 Å². The average Bonchev–Trinajstić information content (AvgIpc) is 2.48. The Labute approximate surface area is 129 Å². The molecule has 0 amide bonds. The van der Waals surface area contributed by atoms with Crippen molar-refractivity contribution in [2.75, 3.05) is 13.2 Å². The van der Waals surface area contributed by atoms with E-state index in [1.807, 2.05) is 0 Å². The molecule has 2 nitrogen and oxygen atoms in total. The van der Waals surface area contributed by atoms with Crippen LogP contribution in [0.15, 0.2) is 24.3 Å². The Kier molecular flexibility index (Phi) is 4.26. The van der Waals surface area contributed by atoms with Crippen LogP contribution in [-0.2, 0) is 0 Å². The number of piperidine rings is 1. The first-order valence-electron chi connectivity index (χ1n) is 8.62. The number of fused-ring (bicyclic) bond motifs is 2. The van der Waals surface area contributed by atoms with Crippen LogP contribution in [0, 0.1) is 11.8 Å². The summed E-state index contributed by atoms with van der Waals surface area (Å²) in [5, 5.41) is 3.84. The third kappa shape index (κ3) is 2.83. The van der Waals surface area contributed by atoms with Crippen LogP contribution in [0.5, 0.6) is 5.75 Å². The topological polar surface area (TPSA) is 21.3 Å². The summed E-state index contributed by atoms with van der Waals surface area (Å²) in [5.41, 5.74) is 1.89. The van der Waals surface area contributed by atoms with Gasteiger partial charge in [0.15, 0.2) is 0 Å². The lowest BCUT2D eigenvalue weighted by Gasteiger charge is -2.52. The Bertz CT molecular complexity index is 484. The maximum absolute atomic E-state index is 5.69. The second-order valence-electron chi connectivity index (χ2n) is 7.14. The van der Waals surface area contributed by atoms with E-state index in [9.17, 15) is 0 Å². The van der Waals surface area contributed by atoms with E-state index in [-0.39, 0.29) is 0 Å². The Morgan fingerprint density at radius 2 is 2.19 bits per heavy atom. The van der Waals surface area contributed by atoms with E-state index >= 15 is 0 Å². The van der Waals surface area contributed by atoms with Crippen molar-refractivity contribution in [3.05, 3.63) is 29.8 Å². The van der Waals surface area contributed by atoms with E-state index < -0.39 is 0 Å². The molecule has 3 unspecified atom stereocenters. The largest absolute Gasteiger partial charge is 0.494 e. The minimum atomic E-state index is 0.400. The van der Waals surface area contributed by atoms with Gasteiger partial charge in [0.05, 0.1) is 6.61 Å². The van der Waals surface area contributed by atoms with Gasteiger partial charge < -0.3 is 10.1 Å². The molecule has 1 saturated carbocycles. The van der Waals surface area contributed by atoms with Crippen molar-refractivity contribution in [2.24, 2.45) is 11.8 Å². The molecule has 3 atom stereocenters. The molecule has 1 aliphatic heterocycles. The first-order valence-corrected chi connectivity index (χ1v) is 8.62. The molecule has 1 N–H and O–H groups in total. The molecule has 0 spiro atoms. The molecule has 116 valence electrons. The van der Waals surface area contributed by atoms with Crippen molar-refractivity contribution in [1.82, 2.24) is 5.32 Å². The van der Waals surface area contributed by atoms with Gasteiger partial charge in [-0.1, -0.05) is 26.0 Å². The van der Waals surface area contributed by atoms with Crippen LogP contribution >= 0.6 is 0 Å². The maximum Gasteiger partial charge on any atom is 0.119 e. The monoisotopic (exact) mass is 287 g/mol. The summed E-state index contributed by atoms with van der Waals surface area (Å²) < 4.78 is 5.69. The van der Waals surface area contributed by atoms with Gasteiger partial charge in [0, 0.05) is 5.54 Å². The first-order chi connectivity index (χ1) is 10.1. The molecule has 1 aliphatic carbocycles. The number of rotatable bonds is 4. The van der Waals surface area contributed by atoms with Gasteiger partial charge in [-0.2, -0.15) is 0 Å². The van der Waals surface area contributed by atoms with Gasteiger partial charge in [0.25, 0.3) is 0 Å². The van der Waals surface area contributed by atoms with Crippen molar-refractivity contribution in [2.45, 2.75) is 57.9 Å². The van der Waals surface area contributed by atoms with E-state index in [0.29, 0.717) is 5.54 Å². The first kappa shape index (κ1) is 14.9. The van der Waals surface area contributed by atoms with Crippen molar-refractivity contribution < 1.29 is 4.74 Å². The van der Waals surface area contributed by atoms with E-state index in [4.69, 9.17) is 4.74 Å². The number of hydrogen-bond donors (Lipinski definition) is 1. The highest BCUT2D eigenvalue weighted by molar-refractivity contribution is 5.32. The standard InChI is InChI=1S/C19H29NO/c1-4-21-17-7-5-6-15(12-17)18-8-10-19(14(2)3)13-16(18)9-11-20-19/h5-7,12,14,16,18,20H,4,8-11,13H2,1-3H3. The lowest BCUT2D eigenvalue weighted by molar-refractivity contribution is 0.0714. The molecule has 1 aromatic carbocycles. The lowest BCUT2D eigenvalue weighted by Crippen LogP contribution is -2.57. The highest BCUT2D eigenvalue weighted by Gasteiger charge is 2.45. The van der Waals surface area contributed by atoms with E-state index in [2.05, 4.69) is 50.4 Å². The molecule has 2 aliphatic rings. The molecule has 0 radical (unpaired) electrons. The molecule has 0 aromatic heterocycles. The second-order valence-corrected chi connectivity index (χ2v) is 7.14. The summed E-state index contributed by atoms with van der Waals surface area (Å²) in [6, 6.07) is 8.82. The van der Waals surface area contributed by atoms with Crippen LogP contribution < -0.4 is 10.1 Å². The highest BCUT2D eigenvalue weighted by Crippen LogP contribution is 2.48. The Balaban J connectivity index is 1.80. The Hall–Kier alpha value is -1.02. The SMILES string of the molecule is CCOc1cccc(C2CCC3(C(C)C)CC2CCN3)c1. The van der Waals surface area contributed by atoms with Gasteiger partial charge in [0.2, 0.25) is 0 Å². The molecule has 1 aromatic rings. The molecule has 1 heterocycles. The molecule has 2 fully saturated rings. The minimum absolute atomic E-state index is 0.400. The normalized spacial score (nSPS) is 32.2. The Morgan fingerprint density at radius 3 is 2.95 bits per heavy atom. The van der Waals surface area contributed by atoms with Crippen LogP contribution in [-0.4, -0.2) is 18.7 Å². The van der Waals surface area contributed by atoms with Crippen molar-refractivity contribution >= 4 is 0 Å². The van der Waals surface area contributed by atoms with Crippen LogP contribution in [0.1, 0.15) is 57.9 Å². The van der Waals surface area contributed by atoms with E-state index in [1.54, 1.807) is 0 Å². The van der Waals surface area contributed by atoms with Gasteiger partial charge in [-0.05, 0) is 74.6 Å². The zero-order chi connectivity index (χ0) is 14.9. The van der Waals surface area contributed by atoms with Gasteiger partial charge in [-0.25, -0.2) is 0 Å². The third-order valence-electron chi connectivity index (χ3n) is 5.79. The lowest BCUT2D eigenvalue weighted by atomic mass is 9.61. The van der Waals surface area contributed by atoms with Crippen molar-refractivity contribution in [3.8, 4) is 5.75 Å². The van der Waals surface area contributed by atoms with Crippen molar-refractivity contribution in [3.63, 3.8) is 0 Å². The molecule has 3 rings (SSSR count). The van der Waals surface area contributed by atoms with Crippen LogP contribution in [0.2, 0.25) is 0 Å². The summed E-state index contributed by atoms with van der Waals surface area (Å²) in [5.74, 6) is 3.32. The number of ether oxygens (including phenoxy) is 1. The fraction of sp³-hybridized carbons (Fsp3) is 0.684. The third-order valence-corrected chi connectivity index (χ3v) is 5.79. The van der Waals surface area contributed by atoms with Gasteiger partial charge in [-0.15, -0.1) is 0 Å².